The molecule has 6 heteroatoms. The van der Waals surface area contributed by atoms with Gasteiger partial charge in [0.15, 0.2) is 0 Å². The number of carbonyl (C=O) groups excluding carboxylic acids is 1. The highest BCUT2D eigenvalue weighted by atomic mass is 32.1. The molecular weight excluding hydrogens is 286 g/mol. The Kier molecular flexibility index (Phi) is 4.93. The molecule has 0 aliphatic carbocycles. The van der Waals surface area contributed by atoms with Crippen LogP contribution in [0.3, 0.4) is 0 Å². The molecule has 0 saturated heterocycles. The van der Waals surface area contributed by atoms with Crippen LogP contribution in [0.1, 0.15) is 22.4 Å². The van der Waals surface area contributed by atoms with Gasteiger partial charge in [-0.15, -0.1) is 11.3 Å². The number of thiophene rings is 1. The lowest BCUT2D eigenvalue weighted by atomic mass is 10.2. The SMILES string of the molecule is C[C@H](C#Cc1ccc(Cc2ccccn2)s1)N(O)C(N)=O. The van der Waals surface area contributed by atoms with E-state index < -0.39 is 12.1 Å². The van der Waals surface area contributed by atoms with Gasteiger partial charge in [0.1, 0.15) is 6.04 Å². The molecule has 0 radical (unpaired) electrons. The molecule has 2 heterocycles. The van der Waals surface area contributed by atoms with Gasteiger partial charge in [-0.25, -0.2) is 4.79 Å². The van der Waals surface area contributed by atoms with Crippen molar-refractivity contribution < 1.29 is 10.0 Å². The fourth-order valence-corrected chi connectivity index (χ4v) is 2.53. The van der Waals surface area contributed by atoms with Crippen molar-refractivity contribution in [1.82, 2.24) is 10.0 Å². The first kappa shape index (κ1) is 15.0. The molecule has 2 amide bonds. The van der Waals surface area contributed by atoms with Crippen LogP contribution in [0, 0.1) is 11.8 Å². The van der Waals surface area contributed by atoms with E-state index in [2.05, 4.69) is 16.8 Å². The summed E-state index contributed by atoms with van der Waals surface area (Å²) in [5.74, 6) is 5.70. The summed E-state index contributed by atoms with van der Waals surface area (Å²) >= 11 is 1.56. The van der Waals surface area contributed by atoms with E-state index in [1.54, 1.807) is 24.5 Å². The Morgan fingerprint density at radius 3 is 2.95 bits per heavy atom. The molecular formula is C15H15N3O2S. The number of aromatic nitrogens is 1. The fraction of sp³-hybridized carbons (Fsp3) is 0.200. The molecule has 108 valence electrons. The van der Waals surface area contributed by atoms with Crippen molar-refractivity contribution in [3.63, 3.8) is 0 Å². The zero-order valence-corrected chi connectivity index (χ0v) is 12.3. The largest absolute Gasteiger partial charge is 0.350 e. The zero-order chi connectivity index (χ0) is 15.2. The third-order valence-corrected chi connectivity index (χ3v) is 3.74. The molecule has 0 fully saturated rings. The number of amides is 2. The molecule has 0 spiro atoms. The fourth-order valence-electron chi connectivity index (χ4n) is 1.65. The van der Waals surface area contributed by atoms with E-state index >= 15 is 0 Å². The van der Waals surface area contributed by atoms with Gasteiger partial charge in [0, 0.05) is 23.2 Å². The highest BCUT2D eigenvalue weighted by molar-refractivity contribution is 7.12. The van der Waals surface area contributed by atoms with Crippen LogP contribution in [0.5, 0.6) is 0 Å². The maximum absolute atomic E-state index is 10.8. The average molecular weight is 301 g/mol. The Morgan fingerprint density at radius 1 is 1.48 bits per heavy atom. The normalized spacial score (nSPS) is 11.3. The van der Waals surface area contributed by atoms with E-state index in [9.17, 15) is 10.0 Å². The van der Waals surface area contributed by atoms with Crippen molar-refractivity contribution in [3.8, 4) is 11.8 Å². The number of hydrogen-bond donors (Lipinski definition) is 2. The second kappa shape index (κ2) is 6.88. The number of hydrogen-bond acceptors (Lipinski definition) is 4. The topological polar surface area (TPSA) is 79.4 Å². The smallest absolute Gasteiger partial charge is 0.339 e. The number of nitrogens with two attached hydrogens (primary N) is 1. The number of hydroxylamine groups is 2. The maximum Gasteiger partial charge on any atom is 0.339 e. The van der Waals surface area contributed by atoms with Gasteiger partial charge in [-0.1, -0.05) is 17.9 Å². The highest BCUT2D eigenvalue weighted by Crippen LogP contribution is 2.18. The highest BCUT2D eigenvalue weighted by Gasteiger charge is 2.11. The molecule has 2 aromatic rings. The Labute approximate surface area is 127 Å². The predicted octanol–water partition coefficient (Wildman–Crippen LogP) is 2.24. The molecule has 0 aliphatic heterocycles. The summed E-state index contributed by atoms with van der Waals surface area (Å²) in [6.45, 7) is 1.60. The first-order valence-corrected chi connectivity index (χ1v) is 7.15. The first-order valence-electron chi connectivity index (χ1n) is 6.34. The number of nitrogens with zero attached hydrogens (tertiary/aromatic N) is 2. The van der Waals surface area contributed by atoms with Crippen LogP contribution in [0.2, 0.25) is 0 Å². The third-order valence-electron chi connectivity index (χ3n) is 2.74. The van der Waals surface area contributed by atoms with Gasteiger partial charge in [0.25, 0.3) is 0 Å². The van der Waals surface area contributed by atoms with E-state index in [1.807, 2.05) is 30.3 Å². The second-order valence-electron chi connectivity index (χ2n) is 4.39. The van der Waals surface area contributed by atoms with Crippen LogP contribution in [0.25, 0.3) is 0 Å². The number of pyridine rings is 1. The van der Waals surface area contributed by atoms with Crippen LogP contribution >= 0.6 is 11.3 Å². The second-order valence-corrected chi connectivity index (χ2v) is 5.56. The standard InChI is InChI=1S/C15H15N3O2S/c1-11(18(20)15(16)19)5-6-13-7-8-14(21-13)10-12-4-2-3-9-17-12/h2-4,7-9,11,20H,10H2,1H3,(H2,16,19)/t11-/m1/s1. The van der Waals surface area contributed by atoms with Crippen molar-refractivity contribution >= 4 is 17.4 Å². The van der Waals surface area contributed by atoms with E-state index in [4.69, 9.17) is 5.73 Å². The molecule has 21 heavy (non-hydrogen) atoms. The number of rotatable bonds is 3. The minimum absolute atomic E-state index is 0.412. The molecule has 0 unspecified atom stereocenters. The van der Waals surface area contributed by atoms with Crippen molar-refractivity contribution in [3.05, 3.63) is 52.0 Å². The van der Waals surface area contributed by atoms with Gasteiger partial charge in [0.05, 0.1) is 4.88 Å². The van der Waals surface area contributed by atoms with E-state index in [0.29, 0.717) is 5.06 Å². The minimum atomic E-state index is -0.918. The third kappa shape index (κ3) is 4.31. The molecule has 0 bridgehead atoms. The average Bonchev–Trinajstić information content (AvgIpc) is 2.92. The molecule has 0 saturated carbocycles. The molecule has 1 atom stereocenters. The Balaban J connectivity index is 2.02. The van der Waals surface area contributed by atoms with Crippen LogP contribution in [-0.4, -0.2) is 27.3 Å². The van der Waals surface area contributed by atoms with Crippen LogP contribution in [0.4, 0.5) is 4.79 Å². The molecule has 3 N–H and O–H groups in total. The van der Waals surface area contributed by atoms with E-state index in [0.717, 1.165) is 21.9 Å². The summed E-state index contributed by atoms with van der Waals surface area (Å²) in [5, 5.41) is 9.74. The van der Waals surface area contributed by atoms with Crippen molar-refractivity contribution in [2.24, 2.45) is 5.73 Å². The van der Waals surface area contributed by atoms with Crippen LogP contribution < -0.4 is 5.73 Å². The van der Waals surface area contributed by atoms with Gasteiger partial charge in [-0.05, 0) is 31.2 Å². The van der Waals surface area contributed by atoms with E-state index in [1.165, 1.54) is 0 Å². The monoisotopic (exact) mass is 301 g/mol. The van der Waals surface area contributed by atoms with Crippen molar-refractivity contribution in [2.75, 3.05) is 0 Å². The van der Waals surface area contributed by atoms with Gasteiger partial charge in [0.2, 0.25) is 0 Å². The summed E-state index contributed by atoms with van der Waals surface area (Å²) < 4.78 is 0. The maximum atomic E-state index is 10.8. The van der Waals surface area contributed by atoms with Crippen LogP contribution in [0.15, 0.2) is 36.5 Å². The van der Waals surface area contributed by atoms with Crippen LogP contribution in [-0.2, 0) is 6.42 Å². The van der Waals surface area contributed by atoms with Crippen molar-refractivity contribution in [2.45, 2.75) is 19.4 Å². The summed E-state index contributed by atoms with van der Waals surface area (Å²) in [6, 6.07) is 8.16. The summed E-state index contributed by atoms with van der Waals surface area (Å²) in [5.41, 5.74) is 5.96. The Morgan fingerprint density at radius 2 is 2.29 bits per heavy atom. The quantitative estimate of drug-likeness (QED) is 0.518. The molecule has 2 rings (SSSR count). The number of urea groups is 1. The lowest BCUT2D eigenvalue weighted by Gasteiger charge is -2.14. The lowest BCUT2D eigenvalue weighted by molar-refractivity contribution is -0.0536. The molecule has 0 aliphatic rings. The lowest BCUT2D eigenvalue weighted by Crippen LogP contribution is -2.38. The molecule has 2 aromatic heterocycles. The van der Waals surface area contributed by atoms with Gasteiger partial charge < -0.3 is 5.73 Å². The molecule has 5 nitrogen and oxygen atoms in total. The summed E-state index contributed by atoms with van der Waals surface area (Å²) in [4.78, 5) is 17.1. The molecule has 0 aromatic carbocycles. The van der Waals surface area contributed by atoms with Gasteiger partial charge in [-0.3, -0.25) is 10.2 Å². The Hall–Kier alpha value is -2.36. The number of primary amides is 1. The summed E-state index contributed by atoms with van der Waals surface area (Å²) in [7, 11) is 0. The van der Waals surface area contributed by atoms with E-state index in [-0.39, 0.29) is 0 Å². The number of carbonyl (C=O) groups is 1. The minimum Gasteiger partial charge on any atom is -0.350 e. The zero-order valence-electron chi connectivity index (χ0n) is 11.5. The first-order chi connectivity index (χ1) is 10.1. The predicted molar refractivity (Wildman–Crippen MR) is 80.9 cm³/mol. The van der Waals surface area contributed by atoms with Gasteiger partial charge in [-0.2, -0.15) is 5.06 Å². The Bertz CT molecular complexity index is 673. The van der Waals surface area contributed by atoms with Gasteiger partial charge >= 0.3 is 6.03 Å². The summed E-state index contributed by atoms with van der Waals surface area (Å²) in [6.07, 6.45) is 2.53. The van der Waals surface area contributed by atoms with Crippen molar-refractivity contribution in [1.29, 1.82) is 0 Å².